The average Bonchev–Trinajstić information content (AvgIpc) is 3.08. The van der Waals surface area contributed by atoms with Gasteiger partial charge in [-0.1, -0.05) is 34.8 Å². The number of ether oxygens (including phenoxy) is 2. The van der Waals surface area contributed by atoms with Crippen LogP contribution in [-0.2, 0) is 21.4 Å². The quantitative estimate of drug-likeness (QED) is 0.524. The summed E-state index contributed by atoms with van der Waals surface area (Å²) in [6.45, 7) is 7.77. The molecule has 2 heterocycles. The molecule has 0 radical (unpaired) electrons. The van der Waals surface area contributed by atoms with Crippen LogP contribution in [0.1, 0.15) is 27.7 Å². The Hall–Kier alpha value is -1.88. The van der Waals surface area contributed by atoms with Crippen LogP contribution in [0.25, 0.3) is 0 Å². The predicted octanol–water partition coefficient (Wildman–Crippen LogP) is 4.63. The van der Waals surface area contributed by atoms with Gasteiger partial charge in [-0.25, -0.2) is 9.48 Å². The Labute approximate surface area is 201 Å². The Balaban J connectivity index is 1.82. The van der Waals surface area contributed by atoms with Gasteiger partial charge in [-0.2, -0.15) is 13.5 Å². The lowest BCUT2D eigenvalue weighted by Gasteiger charge is -2.35. The average molecular weight is 527 g/mol. The van der Waals surface area contributed by atoms with Crippen molar-refractivity contribution in [1.82, 2.24) is 14.7 Å². The molecule has 0 spiro atoms. The van der Waals surface area contributed by atoms with E-state index in [2.05, 4.69) is 5.10 Å². The molecule has 1 unspecified atom stereocenters. The molecule has 9 nitrogen and oxygen atoms in total. The molecule has 0 aliphatic carbocycles. The molecule has 1 amide bonds. The number of hydrogen-bond acceptors (Lipinski definition) is 7. The number of halogens is 3. The Morgan fingerprint density at radius 2 is 1.91 bits per heavy atom. The molecular formula is C19H22Cl3N3O6S. The van der Waals surface area contributed by atoms with Gasteiger partial charge in [0.15, 0.2) is 10.6 Å². The molecule has 1 aliphatic rings. The minimum absolute atomic E-state index is 0.0114. The summed E-state index contributed by atoms with van der Waals surface area (Å²) in [6.07, 6.45) is 0.613. The van der Waals surface area contributed by atoms with Gasteiger partial charge in [0, 0.05) is 11.6 Å². The van der Waals surface area contributed by atoms with Gasteiger partial charge < -0.3 is 18.6 Å². The molecule has 0 N–H and O–H groups in total. The van der Waals surface area contributed by atoms with Crippen LogP contribution in [0.5, 0.6) is 11.6 Å². The highest BCUT2D eigenvalue weighted by Gasteiger charge is 2.36. The van der Waals surface area contributed by atoms with Crippen molar-refractivity contribution in [3.05, 3.63) is 33.4 Å². The molecule has 13 heteroatoms. The maximum absolute atomic E-state index is 12.9. The number of hydrogen-bond donors (Lipinski definition) is 0. The molecule has 2 aromatic rings. The fourth-order valence-corrected chi connectivity index (χ4v) is 5.07. The van der Waals surface area contributed by atoms with E-state index in [4.69, 9.17) is 48.5 Å². The first kappa shape index (κ1) is 24.8. The smallest absolute Gasteiger partial charge is 0.410 e. The van der Waals surface area contributed by atoms with E-state index in [0.29, 0.717) is 6.54 Å². The van der Waals surface area contributed by atoms with Crippen LogP contribution >= 0.6 is 34.8 Å². The fourth-order valence-electron chi connectivity index (χ4n) is 3.04. The minimum atomic E-state index is -4.38. The highest BCUT2D eigenvalue weighted by molar-refractivity contribution is 7.87. The standard InChI is InChI=1S/C19H22Cl3N3O6S/c1-5-24(18(26)30-19(2,3)4)12-9-25-17(29-10-12)15(8-23-25)32(27,28)31-16-13(21)6-11(20)7-14(16)22/h6-8,12H,5,9-10H2,1-4H3. The van der Waals surface area contributed by atoms with E-state index in [1.165, 1.54) is 21.7 Å². The van der Waals surface area contributed by atoms with Crippen molar-refractivity contribution in [2.75, 3.05) is 13.2 Å². The first-order valence-corrected chi connectivity index (χ1v) is 12.1. The number of rotatable bonds is 5. The number of aromatic nitrogens is 2. The molecule has 1 atom stereocenters. The lowest BCUT2D eigenvalue weighted by molar-refractivity contribution is 0.00406. The molecule has 3 rings (SSSR count). The molecule has 1 aliphatic heterocycles. The van der Waals surface area contributed by atoms with Crippen LogP contribution < -0.4 is 8.92 Å². The largest absolute Gasteiger partial charge is 0.475 e. The Kier molecular flexibility index (Phi) is 7.09. The van der Waals surface area contributed by atoms with E-state index in [0.717, 1.165) is 6.20 Å². The topological polar surface area (TPSA) is 100.0 Å². The van der Waals surface area contributed by atoms with Crippen molar-refractivity contribution < 1.29 is 26.9 Å². The molecule has 0 fully saturated rings. The van der Waals surface area contributed by atoms with Crippen LogP contribution in [0.2, 0.25) is 15.1 Å². The van der Waals surface area contributed by atoms with Crippen molar-refractivity contribution in [3.63, 3.8) is 0 Å². The molecule has 1 aromatic carbocycles. The number of carbonyl (C=O) groups is 1. The number of carbonyl (C=O) groups excluding carboxylic acids is 1. The second kappa shape index (κ2) is 9.17. The second-order valence-corrected chi connectivity index (χ2v) is 10.7. The lowest BCUT2D eigenvalue weighted by atomic mass is 10.2. The van der Waals surface area contributed by atoms with Crippen molar-refractivity contribution in [3.8, 4) is 11.6 Å². The number of likely N-dealkylation sites (N-methyl/N-ethyl adjacent to an activating group) is 1. The third-order valence-electron chi connectivity index (χ3n) is 4.39. The monoisotopic (exact) mass is 525 g/mol. The maximum Gasteiger partial charge on any atom is 0.410 e. The molecule has 0 bridgehead atoms. The Morgan fingerprint density at radius 1 is 1.28 bits per heavy atom. The summed E-state index contributed by atoms with van der Waals surface area (Å²) in [5.74, 6) is -0.267. The number of fused-ring (bicyclic) bond motifs is 1. The van der Waals surface area contributed by atoms with E-state index < -0.39 is 27.9 Å². The third-order valence-corrected chi connectivity index (χ3v) is 6.38. The van der Waals surface area contributed by atoms with Crippen LogP contribution in [0.4, 0.5) is 4.79 Å². The number of amides is 1. The van der Waals surface area contributed by atoms with Gasteiger partial charge in [-0.05, 0) is 39.8 Å². The first-order valence-electron chi connectivity index (χ1n) is 9.59. The van der Waals surface area contributed by atoms with Gasteiger partial charge in [-0.3, -0.25) is 0 Å². The third kappa shape index (κ3) is 5.36. The normalized spacial score (nSPS) is 16.2. The number of nitrogens with zero attached hydrogens (tertiary/aromatic N) is 3. The van der Waals surface area contributed by atoms with Gasteiger partial charge in [-0.15, -0.1) is 0 Å². The molecule has 0 saturated carbocycles. The van der Waals surface area contributed by atoms with E-state index >= 15 is 0 Å². The van der Waals surface area contributed by atoms with Crippen molar-refractivity contribution in [1.29, 1.82) is 0 Å². The summed E-state index contributed by atoms with van der Waals surface area (Å²) in [6, 6.07) is 2.22. The van der Waals surface area contributed by atoms with Crippen LogP contribution in [0.15, 0.2) is 23.2 Å². The molecule has 1 aromatic heterocycles. The zero-order chi connectivity index (χ0) is 23.8. The summed E-state index contributed by atoms with van der Waals surface area (Å²) >= 11 is 17.9. The summed E-state index contributed by atoms with van der Waals surface area (Å²) in [4.78, 5) is 13.7. The van der Waals surface area contributed by atoms with Gasteiger partial charge in [0.2, 0.25) is 5.88 Å². The van der Waals surface area contributed by atoms with Gasteiger partial charge >= 0.3 is 16.2 Å². The van der Waals surface area contributed by atoms with Gasteiger partial charge in [0.05, 0.1) is 28.8 Å². The second-order valence-electron chi connectivity index (χ2n) is 7.96. The van der Waals surface area contributed by atoms with Crippen molar-refractivity contribution in [2.45, 2.75) is 50.8 Å². The van der Waals surface area contributed by atoms with Crippen molar-refractivity contribution >= 4 is 51.0 Å². The van der Waals surface area contributed by atoms with Gasteiger partial charge in [0.25, 0.3) is 0 Å². The summed E-state index contributed by atoms with van der Waals surface area (Å²) in [5, 5.41) is 4.19. The van der Waals surface area contributed by atoms with Gasteiger partial charge in [0.1, 0.15) is 12.2 Å². The lowest BCUT2D eigenvalue weighted by Crippen LogP contribution is -2.49. The molecule has 0 saturated heterocycles. The SMILES string of the molecule is CCN(C(=O)OC(C)(C)C)C1COc2c(S(=O)(=O)Oc3c(Cl)cc(Cl)cc3Cl)cnn2C1. The molecule has 176 valence electrons. The van der Waals surface area contributed by atoms with Crippen LogP contribution in [-0.4, -0.2) is 54.0 Å². The molecular weight excluding hydrogens is 505 g/mol. The van der Waals surface area contributed by atoms with Crippen LogP contribution in [0.3, 0.4) is 0 Å². The van der Waals surface area contributed by atoms with Crippen molar-refractivity contribution in [2.24, 2.45) is 0 Å². The number of benzene rings is 1. The van der Waals surface area contributed by atoms with Crippen LogP contribution in [0, 0.1) is 0 Å². The maximum atomic E-state index is 12.9. The van der Waals surface area contributed by atoms with E-state index in [1.807, 2.05) is 6.92 Å². The fraction of sp³-hybridized carbons (Fsp3) is 0.474. The minimum Gasteiger partial charge on any atom is -0.475 e. The first-order chi connectivity index (χ1) is 14.8. The molecule has 32 heavy (non-hydrogen) atoms. The zero-order valence-electron chi connectivity index (χ0n) is 17.8. The highest BCUT2D eigenvalue weighted by atomic mass is 35.5. The summed E-state index contributed by atoms with van der Waals surface area (Å²) in [7, 11) is -4.38. The van der Waals surface area contributed by atoms with E-state index in [9.17, 15) is 13.2 Å². The predicted molar refractivity (Wildman–Crippen MR) is 119 cm³/mol. The Morgan fingerprint density at radius 3 is 2.47 bits per heavy atom. The van der Waals surface area contributed by atoms with E-state index in [1.54, 1.807) is 20.8 Å². The summed E-state index contributed by atoms with van der Waals surface area (Å²) < 4.78 is 43.4. The zero-order valence-corrected chi connectivity index (χ0v) is 20.8. The summed E-state index contributed by atoms with van der Waals surface area (Å²) in [5.41, 5.74) is -0.653. The highest BCUT2D eigenvalue weighted by Crippen LogP contribution is 2.39. The Bertz CT molecular complexity index is 1110. The van der Waals surface area contributed by atoms with E-state index in [-0.39, 0.29) is 44.7 Å².